The molecule has 0 aliphatic carbocycles. The number of para-hydroxylation sites is 1. The molecule has 0 atom stereocenters. The topological polar surface area (TPSA) is 9.23 Å². The van der Waals surface area contributed by atoms with E-state index in [-0.39, 0.29) is 10.8 Å². The van der Waals surface area contributed by atoms with Gasteiger partial charge in [-0.25, -0.2) is 4.39 Å². The lowest BCUT2D eigenvalue weighted by atomic mass is 10.3. The van der Waals surface area contributed by atoms with Gasteiger partial charge in [0.2, 0.25) is 0 Å². The Morgan fingerprint density at radius 2 is 2.25 bits per heavy atom. The van der Waals surface area contributed by atoms with Crippen LogP contribution >= 0.6 is 24.2 Å². The fourth-order valence-corrected chi connectivity index (χ4v) is 1.08. The molecule has 4 heteroatoms. The molecule has 1 rings (SSSR count). The maximum absolute atomic E-state index is 12.9. The average molecular weight is 207 g/mol. The van der Waals surface area contributed by atoms with Crippen molar-refractivity contribution in [2.45, 2.75) is 0 Å². The van der Waals surface area contributed by atoms with Gasteiger partial charge in [0, 0.05) is 5.75 Å². The van der Waals surface area contributed by atoms with E-state index in [1.165, 1.54) is 12.1 Å². The minimum atomic E-state index is -0.440. The summed E-state index contributed by atoms with van der Waals surface area (Å²) in [5.41, 5.74) is 0. The molecule has 0 heterocycles. The molecule has 1 nitrogen and oxygen atoms in total. The largest absolute Gasteiger partial charge is 0.488 e. The van der Waals surface area contributed by atoms with Crippen LogP contribution in [0.4, 0.5) is 4.39 Å². The molecule has 0 N–H and O–H groups in total. The molecular weight excluding hydrogens is 199 g/mol. The summed E-state index contributed by atoms with van der Waals surface area (Å²) in [5, 5.41) is 0.289. The Morgan fingerprint density at radius 1 is 1.50 bits per heavy atom. The minimum absolute atomic E-state index is 0.105. The number of rotatable bonds is 3. The van der Waals surface area contributed by atoms with Crippen molar-refractivity contribution in [3.63, 3.8) is 0 Å². The SMILES string of the molecule is Fc1cccc(Cl)c1OCCS. The van der Waals surface area contributed by atoms with Gasteiger partial charge in [0.05, 0.1) is 11.6 Å². The Hall–Kier alpha value is -0.410. The van der Waals surface area contributed by atoms with E-state index in [0.29, 0.717) is 12.4 Å². The third-order valence-electron chi connectivity index (χ3n) is 1.26. The summed E-state index contributed by atoms with van der Waals surface area (Å²) in [5.74, 6) is 0.197. The molecular formula is C8H8ClFOS. The fourth-order valence-electron chi connectivity index (χ4n) is 0.768. The second-order valence-corrected chi connectivity index (χ2v) is 2.98. The first-order valence-electron chi connectivity index (χ1n) is 3.43. The van der Waals surface area contributed by atoms with Crippen LogP contribution in [-0.4, -0.2) is 12.4 Å². The molecule has 0 amide bonds. The van der Waals surface area contributed by atoms with Crippen LogP contribution in [0.25, 0.3) is 0 Å². The van der Waals surface area contributed by atoms with Crippen molar-refractivity contribution in [3.05, 3.63) is 29.0 Å². The van der Waals surface area contributed by atoms with Crippen molar-refractivity contribution in [3.8, 4) is 5.75 Å². The Labute approximate surface area is 80.9 Å². The molecule has 0 unspecified atom stereocenters. The second-order valence-electron chi connectivity index (χ2n) is 2.12. The quantitative estimate of drug-likeness (QED) is 0.749. The van der Waals surface area contributed by atoms with Gasteiger partial charge in [0.1, 0.15) is 0 Å². The van der Waals surface area contributed by atoms with E-state index < -0.39 is 5.82 Å². The van der Waals surface area contributed by atoms with Gasteiger partial charge in [-0.2, -0.15) is 12.6 Å². The molecule has 0 radical (unpaired) electrons. The van der Waals surface area contributed by atoms with Crippen molar-refractivity contribution in [1.29, 1.82) is 0 Å². The summed E-state index contributed by atoms with van der Waals surface area (Å²) in [6, 6.07) is 4.42. The first-order chi connectivity index (χ1) is 5.75. The molecule has 0 aliphatic heterocycles. The van der Waals surface area contributed by atoms with Crippen LogP contribution in [0.2, 0.25) is 5.02 Å². The summed E-state index contributed by atoms with van der Waals surface area (Å²) in [6.07, 6.45) is 0. The number of halogens is 2. The number of thiol groups is 1. The molecule has 0 saturated heterocycles. The number of ether oxygens (including phenoxy) is 1. The Morgan fingerprint density at radius 3 is 2.83 bits per heavy atom. The van der Waals surface area contributed by atoms with Crippen molar-refractivity contribution >= 4 is 24.2 Å². The van der Waals surface area contributed by atoms with E-state index in [4.69, 9.17) is 16.3 Å². The monoisotopic (exact) mass is 206 g/mol. The lowest BCUT2D eigenvalue weighted by Gasteiger charge is -2.06. The van der Waals surface area contributed by atoms with Gasteiger partial charge in [-0.05, 0) is 12.1 Å². The van der Waals surface area contributed by atoms with Crippen LogP contribution in [0.15, 0.2) is 18.2 Å². The van der Waals surface area contributed by atoms with Crippen LogP contribution in [-0.2, 0) is 0 Å². The first-order valence-corrected chi connectivity index (χ1v) is 4.44. The molecule has 0 saturated carbocycles. The van der Waals surface area contributed by atoms with Crippen LogP contribution in [0.5, 0.6) is 5.75 Å². The molecule has 0 aliphatic rings. The highest BCUT2D eigenvalue weighted by atomic mass is 35.5. The molecule has 0 spiro atoms. The summed E-state index contributed by atoms with van der Waals surface area (Å²) in [4.78, 5) is 0. The summed E-state index contributed by atoms with van der Waals surface area (Å²) in [6.45, 7) is 0.351. The summed E-state index contributed by atoms with van der Waals surface area (Å²) < 4.78 is 18.0. The molecule has 0 aromatic heterocycles. The zero-order valence-electron chi connectivity index (χ0n) is 6.26. The maximum Gasteiger partial charge on any atom is 0.173 e. The molecule has 12 heavy (non-hydrogen) atoms. The molecule has 0 bridgehead atoms. The highest BCUT2D eigenvalue weighted by Gasteiger charge is 2.06. The van der Waals surface area contributed by atoms with Crippen LogP contribution < -0.4 is 4.74 Å². The van der Waals surface area contributed by atoms with E-state index in [9.17, 15) is 4.39 Å². The highest BCUT2D eigenvalue weighted by molar-refractivity contribution is 7.80. The normalized spacial score (nSPS) is 9.92. The van der Waals surface area contributed by atoms with Gasteiger partial charge in [0.25, 0.3) is 0 Å². The fraction of sp³-hybridized carbons (Fsp3) is 0.250. The van der Waals surface area contributed by atoms with Crippen molar-refractivity contribution in [1.82, 2.24) is 0 Å². The van der Waals surface area contributed by atoms with Crippen molar-refractivity contribution in [2.24, 2.45) is 0 Å². The first kappa shape index (κ1) is 9.68. The van der Waals surface area contributed by atoms with E-state index in [2.05, 4.69) is 12.6 Å². The molecule has 1 aromatic carbocycles. The van der Waals surface area contributed by atoms with Gasteiger partial charge in [0.15, 0.2) is 11.6 Å². The summed E-state index contributed by atoms with van der Waals surface area (Å²) in [7, 11) is 0. The van der Waals surface area contributed by atoms with E-state index in [1.54, 1.807) is 6.07 Å². The lowest BCUT2D eigenvalue weighted by Crippen LogP contribution is -2.00. The van der Waals surface area contributed by atoms with Gasteiger partial charge in [-0.15, -0.1) is 0 Å². The van der Waals surface area contributed by atoms with E-state index >= 15 is 0 Å². The van der Waals surface area contributed by atoms with Crippen LogP contribution in [0, 0.1) is 5.82 Å². The second kappa shape index (κ2) is 4.58. The van der Waals surface area contributed by atoms with E-state index in [1.807, 2.05) is 0 Å². The smallest absolute Gasteiger partial charge is 0.173 e. The van der Waals surface area contributed by atoms with Gasteiger partial charge < -0.3 is 4.74 Å². The third-order valence-corrected chi connectivity index (χ3v) is 1.74. The van der Waals surface area contributed by atoms with Crippen LogP contribution in [0.1, 0.15) is 0 Å². The van der Waals surface area contributed by atoms with Gasteiger partial charge in [-0.1, -0.05) is 17.7 Å². The Bertz CT molecular complexity index is 247. The third kappa shape index (κ3) is 2.29. The Kier molecular flexibility index (Phi) is 3.69. The number of hydrogen-bond donors (Lipinski definition) is 1. The van der Waals surface area contributed by atoms with Gasteiger partial charge >= 0.3 is 0 Å². The van der Waals surface area contributed by atoms with Crippen molar-refractivity contribution in [2.75, 3.05) is 12.4 Å². The number of hydrogen-bond acceptors (Lipinski definition) is 2. The lowest BCUT2D eigenvalue weighted by molar-refractivity contribution is 0.325. The Balaban J connectivity index is 2.81. The number of benzene rings is 1. The van der Waals surface area contributed by atoms with Gasteiger partial charge in [-0.3, -0.25) is 0 Å². The molecule has 0 fully saturated rings. The zero-order chi connectivity index (χ0) is 8.97. The summed E-state index contributed by atoms with van der Waals surface area (Å²) >= 11 is 9.60. The predicted molar refractivity (Wildman–Crippen MR) is 50.8 cm³/mol. The van der Waals surface area contributed by atoms with Crippen LogP contribution in [0.3, 0.4) is 0 Å². The standard InChI is InChI=1S/C8H8ClFOS/c9-6-2-1-3-7(10)8(6)11-4-5-12/h1-3,12H,4-5H2. The minimum Gasteiger partial charge on any atom is -0.488 e. The zero-order valence-corrected chi connectivity index (χ0v) is 7.91. The molecule has 66 valence electrons. The average Bonchev–Trinajstić information content (AvgIpc) is 2.04. The van der Waals surface area contributed by atoms with Crippen molar-refractivity contribution < 1.29 is 9.13 Å². The van der Waals surface area contributed by atoms with E-state index in [0.717, 1.165) is 0 Å². The highest BCUT2D eigenvalue weighted by Crippen LogP contribution is 2.26. The predicted octanol–water partition coefficient (Wildman–Crippen LogP) is 2.79. The molecule has 1 aromatic rings. The maximum atomic E-state index is 12.9.